The third-order valence-corrected chi connectivity index (χ3v) is 3.49. The minimum Gasteiger partial charge on any atom is -0.353 e. The van der Waals surface area contributed by atoms with Gasteiger partial charge in [-0.05, 0) is 48.9 Å². The zero-order chi connectivity index (χ0) is 12.4. The standard InChI is InChI=1S/C13H15BFNO/c1-9-2-3-11(15)8-12(9)10-4-6-16(7-5-10)13(14)17/h2-3,8,10H,4-7H2,1H3. The van der Waals surface area contributed by atoms with Crippen molar-refractivity contribution < 1.29 is 9.18 Å². The van der Waals surface area contributed by atoms with Gasteiger partial charge in [-0.25, -0.2) is 4.39 Å². The molecular weight excluding hydrogens is 216 g/mol. The van der Waals surface area contributed by atoms with Gasteiger partial charge in [-0.15, -0.1) is 0 Å². The first-order valence-electron chi connectivity index (χ1n) is 5.88. The van der Waals surface area contributed by atoms with Crippen LogP contribution in [-0.2, 0) is 0 Å². The summed E-state index contributed by atoms with van der Waals surface area (Å²) in [6.45, 7) is 3.32. The second-order valence-electron chi connectivity index (χ2n) is 4.60. The highest BCUT2D eigenvalue weighted by molar-refractivity contribution is 6.56. The Kier molecular flexibility index (Phi) is 3.50. The smallest absolute Gasteiger partial charge is 0.200 e. The van der Waals surface area contributed by atoms with Crippen LogP contribution in [0, 0.1) is 12.7 Å². The van der Waals surface area contributed by atoms with Gasteiger partial charge in [-0.2, -0.15) is 0 Å². The molecule has 0 aromatic heterocycles. The summed E-state index contributed by atoms with van der Waals surface area (Å²) in [5.41, 5.74) is 2.18. The van der Waals surface area contributed by atoms with Crippen LogP contribution in [0.2, 0.25) is 0 Å². The van der Waals surface area contributed by atoms with Crippen LogP contribution in [0.3, 0.4) is 0 Å². The Morgan fingerprint density at radius 3 is 2.65 bits per heavy atom. The lowest BCUT2D eigenvalue weighted by molar-refractivity contribution is 0.204. The summed E-state index contributed by atoms with van der Waals surface area (Å²) < 4.78 is 13.2. The molecule has 0 spiro atoms. The van der Waals surface area contributed by atoms with Crippen LogP contribution in [0.15, 0.2) is 18.2 Å². The number of benzene rings is 1. The van der Waals surface area contributed by atoms with E-state index in [1.54, 1.807) is 11.0 Å². The van der Waals surface area contributed by atoms with Crippen LogP contribution in [0.4, 0.5) is 9.18 Å². The van der Waals surface area contributed by atoms with Crippen LogP contribution in [0.5, 0.6) is 0 Å². The van der Waals surface area contributed by atoms with Crippen LogP contribution in [0.25, 0.3) is 0 Å². The third kappa shape index (κ3) is 2.68. The molecule has 0 bridgehead atoms. The molecule has 1 amide bonds. The first kappa shape index (κ1) is 12.2. The zero-order valence-electron chi connectivity index (χ0n) is 9.95. The lowest BCUT2D eigenvalue weighted by atomic mass is 9.86. The fourth-order valence-electron chi connectivity index (χ4n) is 2.46. The van der Waals surface area contributed by atoms with E-state index < -0.39 is 0 Å². The molecule has 2 rings (SSSR count). The predicted octanol–water partition coefficient (Wildman–Crippen LogP) is 2.60. The number of carbonyl (C=O) groups is 1. The van der Waals surface area contributed by atoms with Crippen LogP contribution in [0.1, 0.15) is 29.9 Å². The minimum absolute atomic E-state index is 0.192. The molecule has 2 radical (unpaired) electrons. The van der Waals surface area contributed by atoms with Gasteiger partial charge in [0.25, 0.3) is 0 Å². The van der Waals surface area contributed by atoms with Crippen molar-refractivity contribution in [2.45, 2.75) is 25.7 Å². The van der Waals surface area contributed by atoms with Crippen LogP contribution < -0.4 is 0 Å². The highest BCUT2D eigenvalue weighted by atomic mass is 19.1. The third-order valence-electron chi connectivity index (χ3n) is 3.49. The van der Waals surface area contributed by atoms with E-state index in [0.29, 0.717) is 19.0 Å². The largest absolute Gasteiger partial charge is 0.353 e. The van der Waals surface area contributed by atoms with Gasteiger partial charge < -0.3 is 4.90 Å². The molecule has 17 heavy (non-hydrogen) atoms. The first-order valence-corrected chi connectivity index (χ1v) is 5.88. The maximum atomic E-state index is 13.2. The molecule has 0 aliphatic carbocycles. The van der Waals surface area contributed by atoms with E-state index in [4.69, 9.17) is 7.85 Å². The highest BCUT2D eigenvalue weighted by Gasteiger charge is 2.22. The molecule has 1 aliphatic rings. The van der Waals surface area contributed by atoms with Crippen molar-refractivity contribution in [3.63, 3.8) is 0 Å². The summed E-state index contributed by atoms with van der Waals surface area (Å²) in [5, 5.41) is 0. The Balaban J connectivity index is 2.10. The number of hydrogen-bond donors (Lipinski definition) is 0. The second kappa shape index (κ2) is 4.90. The second-order valence-corrected chi connectivity index (χ2v) is 4.60. The number of carbonyl (C=O) groups excluding carboxylic acids is 1. The zero-order valence-corrected chi connectivity index (χ0v) is 9.95. The predicted molar refractivity (Wildman–Crippen MR) is 65.8 cm³/mol. The molecule has 0 N–H and O–H groups in total. The van der Waals surface area contributed by atoms with Gasteiger partial charge in [0.2, 0.25) is 7.85 Å². The molecule has 1 fully saturated rings. The molecule has 1 aromatic carbocycles. The number of rotatable bonds is 1. The average Bonchev–Trinajstić information content (AvgIpc) is 2.32. The lowest BCUT2D eigenvalue weighted by Crippen LogP contribution is -2.37. The van der Waals surface area contributed by atoms with E-state index in [9.17, 15) is 9.18 Å². The average molecular weight is 231 g/mol. The van der Waals surface area contributed by atoms with Crippen molar-refractivity contribution in [2.75, 3.05) is 13.1 Å². The van der Waals surface area contributed by atoms with Gasteiger partial charge in [0.05, 0.1) is 0 Å². The van der Waals surface area contributed by atoms with E-state index in [-0.39, 0.29) is 11.6 Å². The van der Waals surface area contributed by atoms with Crippen molar-refractivity contribution in [1.29, 1.82) is 0 Å². The van der Waals surface area contributed by atoms with Gasteiger partial charge in [0.15, 0.2) is 5.81 Å². The van der Waals surface area contributed by atoms with Crippen LogP contribution >= 0.6 is 0 Å². The maximum Gasteiger partial charge on any atom is 0.200 e. The number of amides is 1. The SMILES string of the molecule is [B]C(=O)N1CCC(c2cc(F)ccc2C)CC1. The molecule has 88 valence electrons. The number of halogens is 1. The minimum atomic E-state index is -0.362. The number of piperidine rings is 1. The summed E-state index contributed by atoms with van der Waals surface area (Å²) in [6, 6.07) is 4.91. The quantitative estimate of drug-likeness (QED) is 0.680. The Hall–Kier alpha value is -1.32. The Morgan fingerprint density at radius 1 is 1.41 bits per heavy atom. The molecule has 0 unspecified atom stereocenters. The van der Waals surface area contributed by atoms with E-state index >= 15 is 0 Å². The number of likely N-dealkylation sites (tertiary alicyclic amines) is 1. The van der Waals surface area contributed by atoms with Gasteiger partial charge >= 0.3 is 0 Å². The number of nitrogens with zero attached hydrogens (tertiary/aromatic N) is 1. The van der Waals surface area contributed by atoms with Gasteiger partial charge in [0, 0.05) is 13.1 Å². The molecule has 4 heteroatoms. The topological polar surface area (TPSA) is 20.3 Å². The summed E-state index contributed by atoms with van der Waals surface area (Å²) in [6.07, 6.45) is 1.71. The Morgan fingerprint density at radius 2 is 2.06 bits per heavy atom. The van der Waals surface area contributed by atoms with Crippen molar-refractivity contribution in [3.8, 4) is 0 Å². The van der Waals surface area contributed by atoms with Crippen molar-refractivity contribution >= 4 is 13.7 Å². The molecule has 1 aliphatic heterocycles. The van der Waals surface area contributed by atoms with Crippen molar-refractivity contribution in [3.05, 3.63) is 35.1 Å². The molecule has 0 atom stereocenters. The Bertz CT molecular complexity index is 427. The van der Waals surface area contributed by atoms with Crippen LogP contribution in [-0.4, -0.2) is 31.6 Å². The van der Waals surface area contributed by atoms with E-state index in [1.165, 1.54) is 6.07 Å². The summed E-state index contributed by atoms with van der Waals surface area (Å²) in [4.78, 5) is 12.7. The van der Waals surface area contributed by atoms with E-state index in [0.717, 1.165) is 24.0 Å². The molecular formula is C13H15BFNO. The monoisotopic (exact) mass is 231 g/mol. The summed E-state index contributed by atoms with van der Waals surface area (Å²) >= 11 is 0. The molecule has 0 saturated carbocycles. The Labute approximate surface area is 102 Å². The molecule has 2 nitrogen and oxygen atoms in total. The maximum absolute atomic E-state index is 13.2. The fraction of sp³-hybridized carbons (Fsp3) is 0.462. The van der Waals surface area contributed by atoms with Gasteiger partial charge in [-0.3, -0.25) is 4.79 Å². The van der Waals surface area contributed by atoms with Crippen molar-refractivity contribution in [2.24, 2.45) is 0 Å². The van der Waals surface area contributed by atoms with Gasteiger partial charge in [-0.1, -0.05) is 6.07 Å². The fourth-order valence-corrected chi connectivity index (χ4v) is 2.46. The molecule has 1 aromatic rings. The molecule has 1 saturated heterocycles. The van der Waals surface area contributed by atoms with Gasteiger partial charge in [0.1, 0.15) is 5.82 Å². The van der Waals surface area contributed by atoms with Crippen molar-refractivity contribution in [1.82, 2.24) is 4.90 Å². The van der Waals surface area contributed by atoms with E-state index in [1.807, 2.05) is 13.0 Å². The highest BCUT2D eigenvalue weighted by Crippen LogP contribution is 2.30. The lowest BCUT2D eigenvalue weighted by Gasteiger charge is -2.32. The number of aryl methyl sites for hydroxylation is 1. The normalized spacial score (nSPS) is 17.2. The summed E-state index contributed by atoms with van der Waals surface area (Å²) in [5.74, 6) is -0.219. The summed E-state index contributed by atoms with van der Waals surface area (Å²) in [7, 11) is 5.23. The first-order chi connectivity index (χ1) is 8.08. The van der Waals surface area contributed by atoms with E-state index in [2.05, 4.69) is 0 Å². The molecule has 1 heterocycles. The number of hydrogen-bond acceptors (Lipinski definition) is 1.